The molecule has 0 bridgehead atoms. The van der Waals surface area contributed by atoms with Crippen LogP contribution in [-0.4, -0.2) is 15.9 Å². The van der Waals surface area contributed by atoms with Crippen molar-refractivity contribution in [2.45, 2.75) is 6.92 Å². The Bertz CT molecular complexity index is 731. The Morgan fingerprint density at radius 3 is 2.67 bits per heavy atom. The molecule has 7 heteroatoms. The molecule has 0 aliphatic heterocycles. The van der Waals surface area contributed by atoms with Gasteiger partial charge in [-0.25, -0.2) is 4.39 Å². The number of nitrogens with one attached hydrogen (secondary N) is 1. The van der Waals surface area contributed by atoms with Gasteiger partial charge in [0.05, 0.1) is 4.92 Å². The molecular weight excluding hydrogens is 279 g/mol. The molecular formula is C14H11FN2O4. The number of nitrogens with zero attached hydrogens (tertiary/aromatic N) is 1. The lowest BCUT2D eigenvalue weighted by Gasteiger charge is -2.09. The van der Waals surface area contributed by atoms with Crippen LogP contribution >= 0.6 is 0 Å². The van der Waals surface area contributed by atoms with Crippen LogP contribution in [0.5, 0.6) is 5.75 Å². The molecule has 108 valence electrons. The van der Waals surface area contributed by atoms with Crippen molar-refractivity contribution >= 4 is 17.3 Å². The maximum absolute atomic E-state index is 13.0. The van der Waals surface area contributed by atoms with E-state index < -0.39 is 28.1 Å². The van der Waals surface area contributed by atoms with E-state index in [2.05, 4.69) is 5.32 Å². The van der Waals surface area contributed by atoms with Crippen molar-refractivity contribution < 1.29 is 19.2 Å². The van der Waals surface area contributed by atoms with Crippen molar-refractivity contribution in [3.8, 4) is 5.75 Å². The SMILES string of the molecule is Cc1cc(F)ccc1C(=O)Nc1c(O)cccc1[N+](=O)[O-]. The van der Waals surface area contributed by atoms with Crippen LogP contribution in [0.15, 0.2) is 36.4 Å². The van der Waals surface area contributed by atoms with Crippen LogP contribution in [0.1, 0.15) is 15.9 Å². The second kappa shape index (κ2) is 5.58. The first-order valence-corrected chi connectivity index (χ1v) is 5.94. The first kappa shape index (κ1) is 14.4. The van der Waals surface area contributed by atoms with Crippen LogP contribution in [0, 0.1) is 22.9 Å². The van der Waals surface area contributed by atoms with Crippen molar-refractivity contribution in [1.82, 2.24) is 0 Å². The second-order valence-corrected chi connectivity index (χ2v) is 4.34. The standard InChI is InChI=1S/C14H11FN2O4/c1-8-7-9(15)5-6-10(8)14(19)16-13-11(17(20)21)3-2-4-12(13)18/h2-7,18H,1H3,(H,16,19). The molecule has 2 rings (SSSR count). The lowest BCUT2D eigenvalue weighted by molar-refractivity contribution is -0.384. The molecule has 21 heavy (non-hydrogen) atoms. The highest BCUT2D eigenvalue weighted by Crippen LogP contribution is 2.33. The number of phenols is 1. The molecule has 0 saturated heterocycles. The van der Waals surface area contributed by atoms with Crippen LogP contribution in [0.25, 0.3) is 0 Å². The van der Waals surface area contributed by atoms with E-state index in [1.54, 1.807) is 0 Å². The van der Waals surface area contributed by atoms with Crippen LogP contribution in [0.4, 0.5) is 15.8 Å². The molecule has 0 unspecified atom stereocenters. The van der Waals surface area contributed by atoms with Gasteiger partial charge in [-0.3, -0.25) is 14.9 Å². The summed E-state index contributed by atoms with van der Waals surface area (Å²) in [6.45, 7) is 1.54. The first-order valence-electron chi connectivity index (χ1n) is 5.94. The van der Waals surface area contributed by atoms with Gasteiger partial charge in [0.25, 0.3) is 11.6 Å². The van der Waals surface area contributed by atoms with Crippen LogP contribution in [0.3, 0.4) is 0 Å². The Kier molecular flexibility index (Phi) is 3.84. The zero-order valence-corrected chi connectivity index (χ0v) is 11.0. The minimum absolute atomic E-state index is 0.161. The number of aryl methyl sites for hydroxylation is 1. The number of nitro groups is 1. The molecule has 0 atom stereocenters. The monoisotopic (exact) mass is 290 g/mol. The summed E-state index contributed by atoms with van der Waals surface area (Å²) in [5.41, 5.74) is -0.182. The van der Waals surface area contributed by atoms with Crippen LogP contribution < -0.4 is 5.32 Å². The summed E-state index contributed by atoms with van der Waals surface area (Å²) in [5, 5.41) is 22.9. The fraction of sp³-hybridized carbons (Fsp3) is 0.0714. The summed E-state index contributed by atoms with van der Waals surface area (Å²) in [7, 11) is 0. The van der Waals surface area contributed by atoms with E-state index >= 15 is 0 Å². The second-order valence-electron chi connectivity index (χ2n) is 4.34. The molecule has 1 amide bonds. The lowest BCUT2D eigenvalue weighted by Crippen LogP contribution is -2.14. The highest BCUT2D eigenvalue weighted by molar-refractivity contribution is 6.07. The maximum Gasteiger partial charge on any atom is 0.296 e. The lowest BCUT2D eigenvalue weighted by atomic mass is 10.1. The summed E-state index contributed by atoms with van der Waals surface area (Å²) >= 11 is 0. The molecule has 0 saturated carbocycles. The third-order valence-corrected chi connectivity index (χ3v) is 2.89. The average Bonchev–Trinajstić information content (AvgIpc) is 2.40. The quantitative estimate of drug-likeness (QED) is 0.516. The molecule has 0 heterocycles. The Labute approximate surface area is 119 Å². The number of phenolic OH excluding ortho intramolecular Hbond substituents is 1. The average molecular weight is 290 g/mol. The molecule has 0 spiro atoms. The van der Waals surface area contributed by atoms with E-state index in [0.717, 1.165) is 12.1 Å². The number of rotatable bonds is 3. The Morgan fingerprint density at radius 2 is 2.05 bits per heavy atom. The van der Waals surface area contributed by atoms with Gasteiger partial charge in [-0.2, -0.15) is 0 Å². The number of carbonyl (C=O) groups excluding carboxylic acids is 1. The number of benzene rings is 2. The summed E-state index contributed by atoms with van der Waals surface area (Å²) in [6, 6.07) is 7.24. The number of hydrogen-bond acceptors (Lipinski definition) is 4. The Hall–Kier alpha value is -2.96. The number of anilines is 1. The largest absolute Gasteiger partial charge is 0.505 e. The third kappa shape index (κ3) is 2.97. The van der Waals surface area contributed by atoms with Gasteiger partial charge in [-0.05, 0) is 36.8 Å². The van der Waals surface area contributed by atoms with E-state index in [1.807, 2.05) is 0 Å². The number of aromatic hydroxyl groups is 1. The summed E-state index contributed by atoms with van der Waals surface area (Å²) in [4.78, 5) is 22.3. The van der Waals surface area contributed by atoms with E-state index in [4.69, 9.17) is 0 Å². The number of nitro benzene ring substituents is 1. The van der Waals surface area contributed by atoms with Gasteiger partial charge in [-0.1, -0.05) is 6.07 Å². The minimum atomic E-state index is -0.715. The van der Waals surface area contributed by atoms with Crippen LogP contribution in [0.2, 0.25) is 0 Å². The van der Waals surface area contributed by atoms with Crippen molar-refractivity contribution in [2.24, 2.45) is 0 Å². The normalized spacial score (nSPS) is 10.2. The molecule has 2 N–H and O–H groups in total. The molecule has 0 aliphatic carbocycles. The molecule has 0 aliphatic rings. The Morgan fingerprint density at radius 1 is 1.33 bits per heavy atom. The summed E-state index contributed by atoms with van der Waals surface area (Å²) < 4.78 is 13.0. The van der Waals surface area contributed by atoms with Crippen LogP contribution in [-0.2, 0) is 0 Å². The molecule has 2 aromatic rings. The summed E-state index contributed by atoms with van der Waals surface area (Å²) in [5.74, 6) is -1.58. The van der Waals surface area contributed by atoms with Gasteiger partial charge in [0, 0.05) is 11.6 Å². The highest BCUT2D eigenvalue weighted by Gasteiger charge is 2.20. The fourth-order valence-electron chi connectivity index (χ4n) is 1.87. The summed E-state index contributed by atoms with van der Waals surface area (Å²) in [6.07, 6.45) is 0. The van der Waals surface area contributed by atoms with Gasteiger partial charge in [0.15, 0.2) is 5.69 Å². The molecule has 0 fully saturated rings. The van der Waals surface area contributed by atoms with E-state index in [-0.39, 0.29) is 11.3 Å². The van der Waals surface area contributed by atoms with Gasteiger partial charge in [-0.15, -0.1) is 0 Å². The number of amides is 1. The highest BCUT2D eigenvalue weighted by atomic mass is 19.1. The van der Waals surface area contributed by atoms with Crippen molar-refractivity contribution in [3.05, 3.63) is 63.5 Å². The number of para-hydroxylation sites is 1. The van der Waals surface area contributed by atoms with Gasteiger partial charge in [0.1, 0.15) is 11.6 Å². The predicted octanol–water partition coefficient (Wildman–Crippen LogP) is 3.00. The predicted molar refractivity (Wildman–Crippen MR) is 73.9 cm³/mol. The van der Waals surface area contributed by atoms with E-state index in [1.165, 1.54) is 31.2 Å². The Balaban J connectivity index is 2.38. The maximum atomic E-state index is 13.0. The number of hydrogen-bond donors (Lipinski definition) is 2. The van der Waals surface area contributed by atoms with Gasteiger partial charge >= 0.3 is 0 Å². The third-order valence-electron chi connectivity index (χ3n) is 2.89. The zero-order chi connectivity index (χ0) is 15.6. The van der Waals surface area contributed by atoms with Crippen molar-refractivity contribution in [1.29, 1.82) is 0 Å². The zero-order valence-electron chi connectivity index (χ0n) is 11.0. The number of carbonyl (C=O) groups is 1. The fourth-order valence-corrected chi connectivity index (χ4v) is 1.87. The first-order chi connectivity index (χ1) is 9.90. The smallest absolute Gasteiger partial charge is 0.296 e. The van der Waals surface area contributed by atoms with E-state index in [0.29, 0.717) is 5.56 Å². The van der Waals surface area contributed by atoms with Gasteiger partial charge < -0.3 is 10.4 Å². The molecule has 2 aromatic carbocycles. The topological polar surface area (TPSA) is 92.5 Å². The van der Waals surface area contributed by atoms with Gasteiger partial charge in [0.2, 0.25) is 0 Å². The molecule has 0 radical (unpaired) electrons. The minimum Gasteiger partial charge on any atom is -0.505 e. The van der Waals surface area contributed by atoms with Crippen molar-refractivity contribution in [3.63, 3.8) is 0 Å². The molecule has 0 aromatic heterocycles. The number of halogens is 1. The van der Waals surface area contributed by atoms with Crippen molar-refractivity contribution in [2.75, 3.05) is 5.32 Å². The molecule has 6 nitrogen and oxygen atoms in total. The van der Waals surface area contributed by atoms with E-state index in [9.17, 15) is 24.4 Å².